The molecule has 9 heteroatoms. The van der Waals surface area contributed by atoms with Gasteiger partial charge in [0.2, 0.25) is 6.79 Å². The Labute approximate surface area is 223 Å². The molecule has 0 unspecified atom stereocenters. The van der Waals surface area contributed by atoms with E-state index in [1.165, 1.54) is 12.1 Å². The van der Waals surface area contributed by atoms with E-state index < -0.39 is 0 Å². The summed E-state index contributed by atoms with van der Waals surface area (Å²) in [5.74, 6) is 1.79. The molecule has 0 spiro atoms. The fourth-order valence-corrected chi connectivity index (χ4v) is 5.14. The van der Waals surface area contributed by atoms with Crippen LogP contribution in [-0.4, -0.2) is 71.0 Å². The zero-order valence-corrected chi connectivity index (χ0v) is 22.6. The van der Waals surface area contributed by atoms with E-state index in [0.29, 0.717) is 29.3 Å². The van der Waals surface area contributed by atoms with Crippen LogP contribution in [-0.2, 0) is 6.54 Å². The summed E-state index contributed by atoms with van der Waals surface area (Å²) in [7, 11) is 0. The van der Waals surface area contributed by atoms with Crippen molar-refractivity contribution in [3.05, 3.63) is 65.1 Å². The molecule has 1 fully saturated rings. The van der Waals surface area contributed by atoms with Crippen molar-refractivity contribution < 1.29 is 18.7 Å². The van der Waals surface area contributed by atoms with Crippen LogP contribution in [0, 0.1) is 12.7 Å². The Kier molecular flexibility index (Phi) is 7.56. The van der Waals surface area contributed by atoms with Crippen molar-refractivity contribution in [1.29, 1.82) is 0 Å². The van der Waals surface area contributed by atoms with Gasteiger partial charge in [0.15, 0.2) is 11.5 Å². The van der Waals surface area contributed by atoms with E-state index in [0.717, 1.165) is 56.2 Å². The molecule has 2 aromatic carbocycles. The molecule has 5 rings (SSSR count). The van der Waals surface area contributed by atoms with Crippen molar-refractivity contribution in [1.82, 2.24) is 19.6 Å². The summed E-state index contributed by atoms with van der Waals surface area (Å²) < 4.78 is 27.0. The van der Waals surface area contributed by atoms with Gasteiger partial charge in [-0.2, -0.15) is 5.10 Å². The first-order chi connectivity index (χ1) is 18.4. The number of nitrogens with zero attached hydrogens (tertiary/aromatic N) is 5. The zero-order chi connectivity index (χ0) is 26.8. The first-order valence-corrected chi connectivity index (χ1v) is 13.4. The Morgan fingerprint density at radius 2 is 1.84 bits per heavy atom. The Hall–Kier alpha value is -3.59. The molecule has 2 aliphatic heterocycles. The molecule has 1 atom stereocenters. The number of fused-ring (bicyclic) bond motifs is 1. The lowest BCUT2D eigenvalue weighted by Crippen LogP contribution is -2.47. The van der Waals surface area contributed by atoms with Crippen LogP contribution < -0.4 is 14.4 Å². The Morgan fingerprint density at radius 3 is 2.55 bits per heavy atom. The molecule has 38 heavy (non-hydrogen) atoms. The highest BCUT2D eigenvalue weighted by atomic mass is 19.1. The highest BCUT2D eigenvalue weighted by Gasteiger charge is 2.30. The van der Waals surface area contributed by atoms with Crippen LogP contribution in [0.5, 0.6) is 11.5 Å². The van der Waals surface area contributed by atoms with Gasteiger partial charge in [0.25, 0.3) is 5.91 Å². The van der Waals surface area contributed by atoms with E-state index in [1.54, 1.807) is 24.3 Å². The Bertz CT molecular complexity index is 1300. The second kappa shape index (κ2) is 11.0. The molecule has 0 N–H and O–H groups in total. The fourth-order valence-electron chi connectivity index (χ4n) is 5.14. The van der Waals surface area contributed by atoms with Gasteiger partial charge in [0.05, 0.1) is 17.9 Å². The summed E-state index contributed by atoms with van der Waals surface area (Å²) in [6, 6.07) is 11.9. The number of carbonyl (C=O) groups excluding carboxylic acids is 1. The number of amides is 1. The van der Waals surface area contributed by atoms with Gasteiger partial charge in [-0.15, -0.1) is 0 Å². The lowest BCUT2D eigenvalue weighted by atomic mass is 10.1. The third-order valence-electron chi connectivity index (χ3n) is 7.66. The first kappa shape index (κ1) is 26.0. The quantitative estimate of drug-likeness (QED) is 0.431. The normalized spacial score (nSPS) is 16.1. The number of ether oxygens (including phenoxy) is 2. The molecule has 202 valence electrons. The van der Waals surface area contributed by atoms with E-state index in [9.17, 15) is 9.18 Å². The molecule has 0 bridgehead atoms. The average Bonchev–Trinajstić information content (AvgIpc) is 3.54. The van der Waals surface area contributed by atoms with Crippen molar-refractivity contribution >= 4 is 11.7 Å². The molecule has 2 aliphatic rings. The summed E-state index contributed by atoms with van der Waals surface area (Å²) in [5, 5.41) is 4.87. The third kappa shape index (κ3) is 5.07. The number of benzene rings is 2. The molecule has 0 radical (unpaired) electrons. The summed E-state index contributed by atoms with van der Waals surface area (Å²) in [4.78, 5) is 20.5. The molecule has 1 aromatic heterocycles. The minimum atomic E-state index is -0.307. The minimum Gasteiger partial charge on any atom is -0.454 e. The van der Waals surface area contributed by atoms with Gasteiger partial charge in [-0.05, 0) is 63.2 Å². The number of piperazine rings is 1. The largest absolute Gasteiger partial charge is 0.454 e. The van der Waals surface area contributed by atoms with Crippen LogP contribution in [0.15, 0.2) is 42.5 Å². The van der Waals surface area contributed by atoms with Gasteiger partial charge in [0.1, 0.15) is 11.6 Å². The summed E-state index contributed by atoms with van der Waals surface area (Å²) in [5.41, 5.74) is 3.04. The van der Waals surface area contributed by atoms with E-state index in [4.69, 9.17) is 14.6 Å². The van der Waals surface area contributed by atoms with Crippen molar-refractivity contribution in [3.8, 4) is 17.2 Å². The Morgan fingerprint density at radius 1 is 1.08 bits per heavy atom. The molecule has 8 nitrogen and oxygen atoms in total. The topological polar surface area (TPSA) is 63.1 Å². The van der Waals surface area contributed by atoms with Crippen LogP contribution in [0.2, 0.25) is 0 Å². The third-order valence-corrected chi connectivity index (χ3v) is 7.66. The minimum absolute atomic E-state index is 0.00497. The number of halogens is 1. The number of aromatic nitrogens is 2. The van der Waals surface area contributed by atoms with E-state index in [1.807, 2.05) is 22.6 Å². The highest BCUT2D eigenvalue weighted by molar-refractivity contribution is 5.95. The lowest BCUT2D eigenvalue weighted by Gasteiger charge is -2.37. The lowest BCUT2D eigenvalue weighted by molar-refractivity contribution is 0.0671. The van der Waals surface area contributed by atoms with Crippen molar-refractivity contribution in [2.45, 2.75) is 46.7 Å². The smallest absolute Gasteiger partial charge is 0.254 e. The van der Waals surface area contributed by atoms with Crippen molar-refractivity contribution in [2.75, 3.05) is 44.4 Å². The predicted octanol–water partition coefficient (Wildman–Crippen LogP) is 4.63. The standard InChI is InChI=1S/C29H36FN5O3/c1-5-20(3)34(29(36)22-10-11-26-27(16-22)38-19-37-26)18-25-21(4)31-35(24-9-7-8-23(30)17-24)28(25)33-14-12-32(6-2)13-15-33/h7-11,16-17,20H,5-6,12-15,18-19H2,1-4H3/t20-/m1/s1. The Balaban J connectivity index is 1.54. The monoisotopic (exact) mass is 521 g/mol. The molecule has 3 aromatic rings. The van der Waals surface area contributed by atoms with Gasteiger partial charge in [-0.3, -0.25) is 4.79 Å². The van der Waals surface area contributed by atoms with Gasteiger partial charge < -0.3 is 24.2 Å². The van der Waals surface area contributed by atoms with Crippen LogP contribution in [0.25, 0.3) is 5.69 Å². The summed E-state index contributed by atoms with van der Waals surface area (Å²) in [6.07, 6.45) is 0.803. The van der Waals surface area contributed by atoms with Crippen LogP contribution in [0.4, 0.5) is 10.2 Å². The molecule has 3 heterocycles. The van der Waals surface area contributed by atoms with Crippen LogP contribution >= 0.6 is 0 Å². The number of hydrogen-bond acceptors (Lipinski definition) is 6. The fraction of sp³-hybridized carbons (Fsp3) is 0.448. The van der Waals surface area contributed by atoms with Crippen LogP contribution in [0.1, 0.15) is 48.8 Å². The van der Waals surface area contributed by atoms with Gasteiger partial charge in [-0.1, -0.05) is 19.9 Å². The number of aryl methyl sites for hydroxylation is 1. The number of likely N-dealkylation sites (N-methyl/N-ethyl adjacent to an activating group) is 1. The van der Waals surface area contributed by atoms with Crippen molar-refractivity contribution in [3.63, 3.8) is 0 Å². The first-order valence-electron chi connectivity index (χ1n) is 13.4. The van der Waals surface area contributed by atoms with Gasteiger partial charge in [0, 0.05) is 43.3 Å². The number of hydrogen-bond donors (Lipinski definition) is 0. The highest BCUT2D eigenvalue weighted by Crippen LogP contribution is 2.34. The summed E-state index contributed by atoms with van der Waals surface area (Å²) >= 11 is 0. The molecular formula is C29H36FN5O3. The van der Waals surface area contributed by atoms with Gasteiger partial charge >= 0.3 is 0 Å². The van der Waals surface area contributed by atoms with Crippen molar-refractivity contribution in [2.24, 2.45) is 0 Å². The van der Waals surface area contributed by atoms with E-state index in [-0.39, 0.29) is 24.6 Å². The molecule has 1 amide bonds. The molecule has 1 saturated heterocycles. The summed E-state index contributed by atoms with van der Waals surface area (Å²) in [6.45, 7) is 13.4. The van der Waals surface area contributed by atoms with E-state index >= 15 is 0 Å². The predicted molar refractivity (Wildman–Crippen MR) is 145 cm³/mol. The number of carbonyl (C=O) groups is 1. The van der Waals surface area contributed by atoms with E-state index in [2.05, 4.69) is 30.6 Å². The van der Waals surface area contributed by atoms with Crippen LogP contribution in [0.3, 0.4) is 0 Å². The maximum Gasteiger partial charge on any atom is 0.254 e. The zero-order valence-electron chi connectivity index (χ0n) is 22.6. The average molecular weight is 522 g/mol. The molecular weight excluding hydrogens is 485 g/mol. The van der Waals surface area contributed by atoms with Gasteiger partial charge in [-0.25, -0.2) is 9.07 Å². The number of anilines is 1. The molecule has 0 aliphatic carbocycles. The second-order valence-electron chi connectivity index (χ2n) is 9.96. The maximum atomic E-state index is 14.2. The maximum absolute atomic E-state index is 14.2. The SMILES string of the molecule is CC[C@@H](C)N(Cc1c(C)nn(-c2cccc(F)c2)c1N1CCN(CC)CC1)C(=O)c1ccc2c(c1)OCO2. The second-order valence-corrected chi connectivity index (χ2v) is 9.96. The number of rotatable bonds is 8. The molecule has 0 saturated carbocycles.